The smallest absolute Gasteiger partial charge is 0.227 e. The van der Waals surface area contributed by atoms with Gasteiger partial charge in [-0.05, 0) is 47.7 Å². The zero-order chi connectivity index (χ0) is 21.5. The van der Waals surface area contributed by atoms with E-state index in [1.165, 1.54) is 5.56 Å². The molecular weight excluding hydrogens is 384 g/mol. The second-order valence-corrected chi connectivity index (χ2v) is 8.22. The van der Waals surface area contributed by atoms with E-state index in [1.807, 2.05) is 35.5 Å². The number of nitrogens with zero attached hydrogens (tertiary/aromatic N) is 4. The molecule has 3 aromatic rings. The van der Waals surface area contributed by atoms with Gasteiger partial charge in [-0.15, -0.1) is 0 Å². The van der Waals surface area contributed by atoms with Crippen LogP contribution in [0.4, 0.5) is 0 Å². The molecule has 1 saturated heterocycles. The number of rotatable bonds is 7. The van der Waals surface area contributed by atoms with Gasteiger partial charge in [0.25, 0.3) is 0 Å². The lowest BCUT2D eigenvalue weighted by atomic mass is 9.96. The quantitative estimate of drug-likeness (QED) is 0.585. The summed E-state index contributed by atoms with van der Waals surface area (Å²) < 4.78 is 0. The first-order valence-electron chi connectivity index (χ1n) is 11.1. The Labute approximate surface area is 184 Å². The minimum atomic E-state index is -0.0398. The fourth-order valence-electron chi connectivity index (χ4n) is 4.27. The molecule has 0 bridgehead atoms. The largest absolute Gasteiger partial charge is 0.341 e. The van der Waals surface area contributed by atoms with Gasteiger partial charge in [0.2, 0.25) is 5.91 Å². The van der Waals surface area contributed by atoms with E-state index in [0.29, 0.717) is 0 Å². The molecule has 0 spiro atoms. The molecule has 1 aromatic carbocycles. The zero-order valence-electron chi connectivity index (χ0n) is 18.2. The van der Waals surface area contributed by atoms with Crippen molar-refractivity contribution in [1.82, 2.24) is 19.8 Å². The molecule has 0 N–H and O–H groups in total. The van der Waals surface area contributed by atoms with Gasteiger partial charge < -0.3 is 4.90 Å². The minimum Gasteiger partial charge on any atom is -0.341 e. The maximum atomic E-state index is 13.3. The molecule has 31 heavy (non-hydrogen) atoms. The summed E-state index contributed by atoms with van der Waals surface area (Å²) >= 11 is 0. The number of amides is 1. The molecule has 1 amide bonds. The topological polar surface area (TPSA) is 49.3 Å². The van der Waals surface area contributed by atoms with Crippen LogP contribution in [-0.4, -0.2) is 51.9 Å². The van der Waals surface area contributed by atoms with Gasteiger partial charge in [0, 0.05) is 51.3 Å². The fraction of sp³-hybridized carbons (Fsp3) is 0.346. The van der Waals surface area contributed by atoms with E-state index in [0.717, 1.165) is 62.4 Å². The summed E-state index contributed by atoms with van der Waals surface area (Å²) in [6.07, 6.45) is 7.24. The normalized spacial score (nSPS) is 17.5. The Balaban J connectivity index is 1.49. The predicted octanol–water partition coefficient (Wildman–Crippen LogP) is 4.06. The van der Waals surface area contributed by atoms with Crippen molar-refractivity contribution in [2.45, 2.75) is 26.3 Å². The number of benzene rings is 1. The van der Waals surface area contributed by atoms with E-state index >= 15 is 0 Å². The summed E-state index contributed by atoms with van der Waals surface area (Å²) in [6, 6.07) is 18.6. The van der Waals surface area contributed by atoms with Crippen LogP contribution in [0.3, 0.4) is 0 Å². The van der Waals surface area contributed by atoms with E-state index in [9.17, 15) is 4.79 Å². The lowest BCUT2D eigenvalue weighted by Gasteiger charge is -2.24. The average Bonchev–Trinajstić information content (AvgIpc) is 2.95. The second-order valence-electron chi connectivity index (χ2n) is 8.22. The molecule has 3 heterocycles. The van der Waals surface area contributed by atoms with Crippen LogP contribution in [0, 0.1) is 5.92 Å². The van der Waals surface area contributed by atoms with Gasteiger partial charge in [0.05, 0.1) is 11.6 Å². The Morgan fingerprint density at radius 2 is 1.84 bits per heavy atom. The molecule has 4 rings (SSSR count). The van der Waals surface area contributed by atoms with Crippen molar-refractivity contribution in [2.24, 2.45) is 5.92 Å². The Morgan fingerprint density at radius 3 is 2.55 bits per heavy atom. The molecule has 0 unspecified atom stereocenters. The molecule has 1 aliphatic rings. The van der Waals surface area contributed by atoms with Crippen LogP contribution in [0.2, 0.25) is 0 Å². The van der Waals surface area contributed by atoms with Crippen molar-refractivity contribution >= 4 is 5.91 Å². The molecule has 0 aliphatic carbocycles. The van der Waals surface area contributed by atoms with Gasteiger partial charge in [0.15, 0.2) is 0 Å². The fourth-order valence-corrected chi connectivity index (χ4v) is 4.27. The van der Waals surface area contributed by atoms with Crippen molar-refractivity contribution in [3.8, 4) is 11.1 Å². The Hall–Kier alpha value is -3.05. The summed E-state index contributed by atoms with van der Waals surface area (Å²) in [5.74, 6) is 0.240. The van der Waals surface area contributed by atoms with Crippen LogP contribution in [0.25, 0.3) is 11.1 Å². The number of hydrogen-bond acceptors (Lipinski definition) is 4. The lowest BCUT2D eigenvalue weighted by molar-refractivity contribution is -0.134. The lowest BCUT2D eigenvalue weighted by Crippen LogP contribution is -2.37. The summed E-state index contributed by atoms with van der Waals surface area (Å²) in [5, 5.41) is 0. The molecule has 1 fully saturated rings. The van der Waals surface area contributed by atoms with Crippen molar-refractivity contribution in [3.05, 3.63) is 84.4 Å². The number of carbonyl (C=O) groups excluding carboxylic acids is 1. The third-order valence-electron chi connectivity index (χ3n) is 5.86. The third kappa shape index (κ3) is 5.56. The third-order valence-corrected chi connectivity index (χ3v) is 5.86. The van der Waals surface area contributed by atoms with Crippen LogP contribution in [0.15, 0.2) is 73.2 Å². The van der Waals surface area contributed by atoms with Crippen LogP contribution >= 0.6 is 0 Å². The highest BCUT2D eigenvalue weighted by Crippen LogP contribution is 2.22. The Bertz CT molecular complexity index is 960. The molecule has 1 aliphatic heterocycles. The van der Waals surface area contributed by atoms with Gasteiger partial charge in [-0.1, -0.05) is 43.3 Å². The van der Waals surface area contributed by atoms with Crippen LogP contribution < -0.4 is 0 Å². The number of aromatic nitrogens is 2. The Kier molecular flexibility index (Phi) is 7.05. The minimum absolute atomic E-state index is 0.0398. The summed E-state index contributed by atoms with van der Waals surface area (Å²) in [5.41, 5.74) is 4.50. The molecule has 2 aromatic heterocycles. The van der Waals surface area contributed by atoms with E-state index in [1.54, 1.807) is 6.20 Å². The van der Waals surface area contributed by atoms with Crippen molar-refractivity contribution in [3.63, 3.8) is 0 Å². The number of carbonyl (C=O) groups is 1. The molecule has 0 radical (unpaired) electrons. The van der Waals surface area contributed by atoms with E-state index < -0.39 is 0 Å². The summed E-state index contributed by atoms with van der Waals surface area (Å²) in [4.78, 5) is 26.4. The predicted molar refractivity (Wildman–Crippen MR) is 123 cm³/mol. The number of hydrogen-bond donors (Lipinski definition) is 0. The van der Waals surface area contributed by atoms with Gasteiger partial charge in [-0.3, -0.25) is 19.7 Å². The highest BCUT2D eigenvalue weighted by atomic mass is 16.2. The summed E-state index contributed by atoms with van der Waals surface area (Å²) in [6.45, 7) is 6.18. The van der Waals surface area contributed by atoms with Gasteiger partial charge in [0.1, 0.15) is 0 Å². The van der Waals surface area contributed by atoms with E-state index in [-0.39, 0.29) is 11.8 Å². The molecule has 0 saturated carbocycles. The van der Waals surface area contributed by atoms with Gasteiger partial charge in [-0.2, -0.15) is 0 Å². The highest BCUT2D eigenvalue weighted by Gasteiger charge is 2.30. The van der Waals surface area contributed by atoms with Crippen LogP contribution in [0.5, 0.6) is 0 Å². The summed E-state index contributed by atoms with van der Waals surface area (Å²) in [7, 11) is 0. The monoisotopic (exact) mass is 414 g/mol. The second kappa shape index (κ2) is 10.3. The van der Waals surface area contributed by atoms with Crippen LogP contribution in [-0.2, 0) is 17.8 Å². The van der Waals surface area contributed by atoms with Crippen molar-refractivity contribution in [2.75, 3.05) is 26.2 Å². The molecule has 5 nitrogen and oxygen atoms in total. The maximum Gasteiger partial charge on any atom is 0.227 e. The molecular formula is C26H30N4O. The molecule has 5 heteroatoms. The first kappa shape index (κ1) is 21.2. The molecule has 160 valence electrons. The van der Waals surface area contributed by atoms with E-state index in [2.05, 4.69) is 58.2 Å². The zero-order valence-corrected chi connectivity index (χ0v) is 18.2. The van der Waals surface area contributed by atoms with Crippen molar-refractivity contribution in [1.29, 1.82) is 0 Å². The highest BCUT2D eigenvalue weighted by molar-refractivity contribution is 5.79. The first-order chi connectivity index (χ1) is 15.2. The van der Waals surface area contributed by atoms with E-state index in [4.69, 9.17) is 0 Å². The van der Waals surface area contributed by atoms with Crippen molar-refractivity contribution < 1.29 is 4.79 Å². The standard InChI is InChI=1S/C26H30N4O/c1-2-14-30-16-15-29(20-25-7-3-4-13-28-25)19-24(26(30)31)17-21-8-10-22(11-9-21)23-6-5-12-27-18-23/h3-13,18,24H,2,14-17,19-20H2,1H3/t24-/m1/s1. The Morgan fingerprint density at radius 1 is 0.968 bits per heavy atom. The average molecular weight is 415 g/mol. The van der Waals surface area contributed by atoms with Gasteiger partial charge in [-0.25, -0.2) is 0 Å². The molecule has 1 atom stereocenters. The number of pyridine rings is 2. The van der Waals surface area contributed by atoms with Crippen LogP contribution in [0.1, 0.15) is 24.6 Å². The SMILES string of the molecule is CCCN1CCN(Cc2ccccn2)C[C@@H](Cc2ccc(-c3cccnc3)cc2)C1=O. The maximum absolute atomic E-state index is 13.3. The van der Waals surface area contributed by atoms with Gasteiger partial charge >= 0.3 is 0 Å². The first-order valence-corrected chi connectivity index (χ1v) is 11.1.